The average Bonchev–Trinajstić information content (AvgIpc) is 2.79. The topological polar surface area (TPSA) is 76.9 Å². The molecule has 2 aromatic heterocycles. The molecule has 0 saturated carbocycles. The highest BCUT2D eigenvalue weighted by Gasteiger charge is 2.21. The number of hydrogen-bond acceptors (Lipinski definition) is 4. The summed E-state index contributed by atoms with van der Waals surface area (Å²) in [5.74, 6) is -0.337. The first-order valence-electron chi connectivity index (χ1n) is 10.0. The van der Waals surface area contributed by atoms with Crippen LogP contribution in [0.25, 0.3) is 16.5 Å². The largest absolute Gasteiger partial charge is 0.343 e. The molecule has 0 radical (unpaired) electrons. The molecule has 7 heteroatoms. The molecule has 2 heterocycles. The van der Waals surface area contributed by atoms with Crippen LogP contribution in [0.2, 0.25) is 5.02 Å². The highest BCUT2D eigenvalue weighted by atomic mass is 35.5. The van der Waals surface area contributed by atoms with Crippen LogP contribution in [-0.4, -0.2) is 20.4 Å². The quantitative estimate of drug-likeness (QED) is 0.504. The number of para-hydroxylation sites is 1. The van der Waals surface area contributed by atoms with Gasteiger partial charge < -0.3 is 5.32 Å². The number of rotatable bonds is 5. The van der Waals surface area contributed by atoms with Gasteiger partial charge in [0.15, 0.2) is 0 Å². The summed E-state index contributed by atoms with van der Waals surface area (Å²) in [6.45, 7) is 3.76. The van der Waals surface area contributed by atoms with Crippen LogP contribution < -0.4 is 10.9 Å². The molecule has 0 saturated heterocycles. The Bertz CT molecular complexity index is 1320. The van der Waals surface area contributed by atoms with Crippen molar-refractivity contribution in [1.82, 2.24) is 19.9 Å². The number of carbonyl (C=O) groups excluding carboxylic acids is 1. The van der Waals surface area contributed by atoms with Crippen LogP contribution in [0, 0.1) is 0 Å². The minimum absolute atomic E-state index is 0.237. The highest BCUT2D eigenvalue weighted by molar-refractivity contribution is 6.35. The first kappa shape index (κ1) is 20.8. The molecule has 4 aromatic rings. The number of nitrogens with one attached hydrogen (secondary N) is 1. The maximum atomic E-state index is 13.5. The first-order chi connectivity index (χ1) is 15.0. The zero-order valence-corrected chi connectivity index (χ0v) is 17.9. The van der Waals surface area contributed by atoms with E-state index in [1.54, 1.807) is 22.9 Å². The Morgan fingerprint density at radius 1 is 1.10 bits per heavy atom. The van der Waals surface area contributed by atoms with Gasteiger partial charge in [-0.25, -0.2) is 4.98 Å². The number of benzene rings is 2. The lowest BCUT2D eigenvalue weighted by Gasteiger charge is -2.21. The fraction of sp³-hybridized carbons (Fsp3) is 0.167. The maximum absolute atomic E-state index is 13.5. The van der Waals surface area contributed by atoms with Crippen molar-refractivity contribution in [2.45, 2.75) is 26.3 Å². The lowest BCUT2D eigenvalue weighted by molar-refractivity contribution is 0.0932. The van der Waals surface area contributed by atoms with Gasteiger partial charge in [-0.1, -0.05) is 48.9 Å². The number of nitrogens with zero attached hydrogens (tertiary/aromatic N) is 3. The van der Waals surface area contributed by atoms with E-state index in [0.717, 1.165) is 5.39 Å². The van der Waals surface area contributed by atoms with E-state index in [9.17, 15) is 9.59 Å². The standard InChI is InChI=1S/C24H21ClN4O2/c1-3-19-22(27-13-12-26-19)23(30)28-15(2)20-14-16-8-7-11-18(25)21(16)24(31)29(20)17-9-5-4-6-10-17/h4-15H,3H2,1-2H3,(H,28,30)/t15-/m0/s1. The average molecular weight is 433 g/mol. The van der Waals surface area contributed by atoms with Crippen LogP contribution in [0.4, 0.5) is 0 Å². The Labute approximate surface area is 184 Å². The summed E-state index contributed by atoms with van der Waals surface area (Å²) < 4.78 is 1.59. The monoisotopic (exact) mass is 432 g/mol. The van der Waals surface area contributed by atoms with Gasteiger partial charge in [-0.2, -0.15) is 0 Å². The second kappa shape index (κ2) is 8.70. The van der Waals surface area contributed by atoms with Crippen LogP contribution in [0.3, 0.4) is 0 Å². The smallest absolute Gasteiger partial charge is 0.272 e. The molecule has 0 spiro atoms. The van der Waals surface area contributed by atoms with Gasteiger partial charge in [0.25, 0.3) is 11.5 Å². The van der Waals surface area contributed by atoms with Gasteiger partial charge in [0, 0.05) is 23.8 Å². The number of pyridine rings is 1. The number of carbonyl (C=O) groups is 1. The van der Waals surface area contributed by atoms with Crippen LogP contribution in [0.15, 0.2) is 71.8 Å². The van der Waals surface area contributed by atoms with Gasteiger partial charge in [0.1, 0.15) is 5.69 Å². The number of fused-ring (bicyclic) bond motifs is 1. The molecule has 1 atom stereocenters. The third-order valence-corrected chi connectivity index (χ3v) is 5.47. The van der Waals surface area contributed by atoms with Crippen molar-refractivity contribution in [3.8, 4) is 5.69 Å². The molecule has 0 aliphatic carbocycles. The molecule has 2 aromatic carbocycles. The normalized spacial score (nSPS) is 12.0. The molecule has 1 N–H and O–H groups in total. The van der Waals surface area contributed by atoms with E-state index < -0.39 is 6.04 Å². The molecule has 156 valence electrons. The Morgan fingerprint density at radius 2 is 1.84 bits per heavy atom. The number of aromatic nitrogens is 3. The van der Waals surface area contributed by atoms with Gasteiger partial charge in [0.05, 0.1) is 22.1 Å². The number of amides is 1. The molecule has 31 heavy (non-hydrogen) atoms. The number of hydrogen-bond donors (Lipinski definition) is 1. The Kier molecular flexibility index (Phi) is 5.82. The van der Waals surface area contributed by atoms with E-state index in [1.165, 1.54) is 6.20 Å². The van der Waals surface area contributed by atoms with Crippen molar-refractivity contribution in [1.29, 1.82) is 0 Å². The molecule has 0 unspecified atom stereocenters. The Balaban J connectivity index is 1.84. The zero-order valence-electron chi connectivity index (χ0n) is 17.2. The minimum atomic E-state index is -0.476. The van der Waals surface area contributed by atoms with E-state index in [0.29, 0.717) is 33.9 Å². The minimum Gasteiger partial charge on any atom is -0.343 e. The summed E-state index contributed by atoms with van der Waals surface area (Å²) in [4.78, 5) is 34.8. The molecule has 0 aliphatic heterocycles. The van der Waals surface area contributed by atoms with Crippen molar-refractivity contribution in [3.05, 3.63) is 99.4 Å². The van der Waals surface area contributed by atoms with E-state index in [4.69, 9.17) is 11.6 Å². The van der Waals surface area contributed by atoms with Gasteiger partial charge in [-0.05, 0) is 43.0 Å². The van der Waals surface area contributed by atoms with E-state index in [1.807, 2.05) is 56.3 Å². The van der Waals surface area contributed by atoms with Gasteiger partial charge in [-0.15, -0.1) is 0 Å². The van der Waals surface area contributed by atoms with E-state index >= 15 is 0 Å². The molecular formula is C24H21ClN4O2. The number of aryl methyl sites for hydroxylation is 1. The van der Waals surface area contributed by atoms with Crippen molar-refractivity contribution in [2.75, 3.05) is 0 Å². The van der Waals surface area contributed by atoms with Crippen LogP contribution >= 0.6 is 11.6 Å². The van der Waals surface area contributed by atoms with E-state index in [2.05, 4.69) is 15.3 Å². The summed E-state index contributed by atoms with van der Waals surface area (Å²) in [6, 6.07) is 16.1. The fourth-order valence-corrected chi connectivity index (χ4v) is 3.92. The SMILES string of the molecule is CCc1nccnc1C(=O)N[C@@H](C)c1cc2cccc(Cl)c2c(=O)n1-c1ccccc1. The Hall–Kier alpha value is -3.51. The predicted octanol–water partition coefficient (Wildman–Crippen LogP) is 4.49. The second-order valence-corrected chi connectivity index (χ2v) is 7.56. The predicted molar refractivity (Wildman–Crippen MR) is 122 cm³/mol. The third kappa shape index (κ3) is 3.94. The summed E-state index contributed by atoms with van der Waals surface area (Å²) in [6.07, 6.45) is 3.66. The Morgan fingerprint density at radius 3 is 2.58 bits per heavy atom. The van der Waals surface area contributed by atoms with Crippen molar-refractivity contribution < 1.29 is 4.79 Å². The molecule has 0 bridgehead atoms. The maximum Gasteiger partial charge on any atom is 0.272 e. The lowest BCUT2D eigenvalue weighted by Crippen LogP contribution is -2.33. The first-order valence-corrected chi connectivity index (χ1v) is 10.4. The summed E-state index contributed by atoms with van der Waals surface area (Å²) in [7, 11) is 0. The molecular weight excluding hydrogens is 412 g/mol. The molecule has 0 fully saturated rings. The van der Waals surface area contributed by atoms with Crippen LogP contribution in [-0.2, 0) is 6.42 Å². The van der Waals surface area contributed by atoms with Crippen LogP contribution in [0.5, 0.6) is 0 Å². The van der Waals surface area contributed by atoms with Crippen LogP contribution in [0.1, 0.15) is 41.8 Å². The summed E-state index contributed by atoms with van der Waals surface area (Å²) in [5, 5.41) is 4.52. The van der Waals surface area contributed by atoms with Gasteiger partial charge in [-0.3, -0.25) is 19.1 Å². The van der Waals surface area contributed by atoms with Crippen molar-refractivity contribution >= 4 is 28.3 Å². The van der Waals surface area contributed by atoms with E-state index in [-0.39, 0.29) is 17.2 Å². The number of halogens is 1. The van der Waals surface area contributed by atoms with Gasteiger partial charge in [0.2, 0.25) is 0 Å². The van der Waals surface area contributed by atoms with Crippen molar-refractivity contribution in [3.63, 3.8) is 0 Å². The highest BCUT2D eigenvalue weighted by Crippen LogP contribution is 2.25. The molecule has 6 nitrogen and oxygen atoms in total. The fourth-order valence-electron chi connectivity index (χ4n) is 3.66. The zero-order chi connectivity index (χ0) is 22.0. The van der Waals surface area contributed by atoms with Gasteiger partial charge >= 0.3 is 0 Å². The molecule has 4 rings (SSSR count). The second-order valence-electron chi connectivity index (χ2n) is 7.15. The van der Waals surface area contributed by atoms with Crippen molar-refractivity contribution in [2.24, 2.45) is 0 Å². The molecule has 0 aliphatic rings. The third-order valence-electron chi connectivity index (χ3n) is 5.15. The molecule has 1 amide bonds. The summed E-state index contributed by atoms with van der Waals surface area (Å²) >= 11 is 6.35. The lowest BCUT2D eigenvalue weighted by atomic mass is 10.1. The summed E-state index contributed by atoms with van der Waals surface area (Å²) in [5.41, 5.74) is 2.01.